The van der Waals surface area contributed by atoms with E-state index >= 15 is 0 Å². The largest absolute Gasteiger partial charge is 0.480 e. The van der Waals surface area contributed by atoms with Gasteiger partial charge < -0.3 is 4.74 Å². The van der Waals surface area contributed by atoms with E-state index in [0.29, 0.717) is 23.7 Å². The fraction of sp³-hybridized carbons (Fsp3) is 0.412. The highest BCUT2D eigenvalue weighted by Crippen LogP contribution is 2.40. The second-order valence-corrected chi connectivity index (χ2v) is 8.39. The van der Waals surface area contributed by atoms with E-state index in [-0.39, 0.29) is 5.91 Å². The van der Waals surface area contributed by atoms with E-state index < -0.39 is 5.60 Å². The average molecular weight is 457 g/mol. The van der Waals surface area contributed by atoms with Gasteiger partial charge in [0.15, 0.2) is 11.6 Å². The van der Waals surface area contributed by atoms with Gasteiger partial charge in [-0.2, -0.15) is 5.10 Å². The molecule has 3 rings (SSSR count). The monoisotopic (exact) mass is 455 g/mol. The van der Waals surface area contributed by atoms with E-state index in [1.165, 1.54) is 0 Å². The molecule has 1 amide bonds. The molecule has 128 valence electrons. The normalized spacial score (nSPS) is 15.9. The van der Waals surface area contributed by atoms with Crippen molar-refractivity contribution >= 4 is 43.6 Å². The topological polar surface area (TPSA) is 47.4 Å². The third-order valence-electron chi connectivity index (χ3n) is 4.08. The molecular weight excluding hydrogens is 438 g/mol. The zero-order valence-corrected chi connectivity index (χ0v) is 17.4. The first-order valence-electron chi connectivity index (χ1n) is 7.61. The molecule has 2 heterocycles. The van der Waals surface area contributed by atoms with Crippen LogP contribution in [0.1, 0.15) is 35.5 Å². The molecule has 0 atom stereocenters. The standard InChI is InChI=1S/C17H19Br2N3O2/c1-9-12(18)6-11(7-13(9)19)16(23)22-8-17(3,4)24-14-10(2)20-21(5)15(14)22/h6-7H,8H2,1-5H3. The maximum atomic E-state index is 13.2. The van der Waals surface area contributed by atoms with Gasteiger partial charge in [0.25, 0.3) is 5.91 Å². The van der Waals surface area contributed by atoms with Crippen LogP contribution in [0.25, 0.3) is 0 Å². The molecular formula is C17H19Br2N3O2. The van der Waals surface area contributed by atoms with Crippen molar-refractivity contribution in [2.24, 2.45) is 7.05 Å². The van der Waals surface area contributed by atoms with Crippen molar-refractivity contribution in [2.75, 3.05) is 11.4 Å². The molecule has 0 saturated carbocycles. The number of carbonyl (C=O) groups excluding carboxylic acids is 1. The van der Waals surface area contributed by atoms with Crippen LogP contribution in [0, 0.1) is 13.8 Å². The summed E-state index contributed by atoms with van der Waals surface area (Å²) in [7, 11) is 1.83. The first-order valence-corrected chi connectivity index (χ1v) is 9.19. The molecule has 1 aromatic heterocycles. The molecule has 0 saturated heterocycles. The number of fused-ring (bicyclic) bond motifs is 1. The van der Waals surface area contributed by atoms with Crippen LogP contribution in [0.4, 0.5) is 5.82 Å². The average Bonchev–Trinajstić information content (AvgIpc) is 2.76. The van der Waals surface area contributed by atoms with Crippen LogP contribution in [0.2, 0.25) is 0 Å². The molecule has 24 heavy (non-hydrogen) atoms. The third kappa shape index (κ3) is 2.88. The van der Waals surface area contributed by atoms with Gasteiger partial charge >= 0.3 is 0 Å². The van der Waals surface area contributed by atoms with Crippen LogP contribution in [-0.2, 0) is 7.05 Å². The minimum atomic E-state index is -0.477. The number of halogens is 2. The maximum absolute atomic E-state index is 13.2. The fourth-order valence-electron chi connectivity index (χ4n) is 2.90. The van der Waals surface area contributed by atoms with Crippen molar-refractivity contribution in [3.8, 4) is 5.75 Å². The van der Waals surface area contributed by atoms with Crippen LogP contribution in [0.5, 0.6) is 5.75 Å². The molecule has 0 N–H and O–H groups in total. The quantitative estimate of drug-likeness (QED) is 0.639. The molecule has 0 radical (unpaired) electrons. The Bertz CT molecular complexity index is 820. The molecule has 7 heteroatoms. The van der Waals surface area contributed by atoms with Gasteiger partial charge in [0.05, 0.1) is 6.54 Å². The summed E-state index contributed by atoms with van der Waals surface area (Å²) in [5, 5.41) is 4.41. The molecule has 1 aliphatic heterocycles. The number of rotatable bonds is 1. The predicted molar refractivity (Wildman–Crippen MR) is 101 cm³/mol. The second-order valence-electron chi connectivity index (χ2n) is 6.68. The Morgan fingerprint density at radius 3 is 2.42 bits per heavy atom. The summed E-state index contributed by atoms with van der Waals surface area (Å²) < 4.78 is 9.56. The Kier molecular flexibility index (Phi) is 4.28. The van der Waals surface area contributed by atoms with Gasteiger partial charge in [-0.05, 0) is 45.4 Å². The van der Waals surface area contributed by atoms with E-state index in [2.05, 4.69) is 37.0 Å². The van der Waals surface area contributed by atoms with E-state index in [9.17, 15) is 4.79 Å². The molecule has 1 aromatic carbocycles. The van der Waals surface area contributed by atoms with Gasteiger partial charge in [0, 0.05) is 21.6 Å². The summed E-state index contributed by atoms with van der Waals surface area (Å²) in [6.45, 7) is 8.29. The lowest BCUT2D eigenvalue weighted by molar-refractivity contribution is 0.0828. The molecule has 0 fully saturated rings. The van der Waals surface area contributed by atoms with Crippen LogP contribution in [0.3, 0.4) is 0 Å². The van der Waals surface area contributed by atoms with Crippen LogP contribution in [0.15, 0.2) is 21.1 Å². The fourth-order valence-corrected chi connectivity index (χ4v) is 4.09. The lowest BCUT2D eigenvalue weighted by atomic mass is 10.0. The van der Waals surface area contributed by atoms with Crippen molar-refractivity contribution in [3.63, 3.8) is 0 Å². The number of aromatic nitrogens is 2. The lowest BCUT2D eigenvalue weighted by Crippen LogP contribution is -2.50. The SMILES string of the molecule is Cc1nn(C)c2c1OC(C)(C)CN2C(=O)c1cc(Br)c(C)c(Br)c1. The Labute approximate surface area is 158 Å². The number of hydrogen-bond donors (Lipinski definition) is 0. The highest BCUT2D eigenvalue weighted by molar-refractivity contribution is 9.11. The molecule has 0 spiro atoms. The van der Waals surface area contributed by atoms with Gasteiger partial charge in [-0.3, -0.25) is 9.69 Å². The highest BCUT2D eigenvalue weighted by atomic mass is 79.9. The van der Waals surface area contributed by atoms with Gasteiger partial charge in [-0.25, -0.2) is 4.68 Å². The van der Waals surface area contributed by atoms with Gasteiger partial charge in [-0.15, -0.1) is 0 Å². The van der Waals surface area contributed by atoms with Crippen LogP contribution >= 0.6 is 31.9 Å². The number of nitrogens with zero attached hydrogens (tertiary/aromatic N) is 3. The number of aryl methyl sites for hydroxylation is 2. The van der Waals surface area contributed by atoms with Crippen molar-refractivity contribution in [3.05, 3.63) is 37.9 Å². The third-order valence-corrected chi connectivity index (χ3v) is 5.73. The van der Waals surface area contributed by atoms with Crippen molar-refractivity contribution in [1.82, 2.24) is 9.78 Å². The predicted octanol–water partition coefficient (Wildman–Crippen LogP) is 4.38. The summed E-state index contributed by atoms with van der Waals surface area (Å²) in [6, 6.07) is 3.71. The number of carbonyl (C=O) groups is 1. The Morgan fingerprint density at radius 1 is 1.25 bits per heavy atom. The maximum Gasteiger partial charge on any atom is 0.259 e. The molecule has 0 aliphatic carbocycles. The second kappa shape index (κ2) is 5.88. The lowest BCUT2D eigenvalue weighted by Gasteiger charge is -2.38. The minimum Gasteiger partial charge on any atom is -0.480 e. The first-order chi connectivity index (χ1) is 11.1. The number of ether oxygens (including phenoxy) is 1. The summed E-state index contributed by atoms with van der Waals surface area (Å²) >= 11 is 7.04. The summed E-state index contributed by atoms with van der Waals surface area (Å²) in [5.41, 5.74) is 1.98. The Hall–Kier alpha value is -1.34. The van der Waals surface area contributed by atoms with E-state index in [1.807, 2.05) is 46.9 Å². The number of hydrogen-bond acceptors (Lipinski definition) is 3. The van der Waals surface area contributed by atoms with Gasteiger partial charge in [0.1, 0.15) is 11.3 Å². The number of anilines is 1. The molecule has 2 aromatic rings. The van der Waals surface area contributed by atoms with Crippen LogP contribution in [-0.4, -0.2) is 27.8 Å². The smallest absolute Gasteiger partial charge is 0.259 e. The summed E-state index contributed by atoms with van der Waals surface area (Å²) in [5.74, 6) is 1.30. The Balaban J connectivity index is 2.11. The van der Waals surface area contributed by atoms with Crippen LogP contribution < -0.4 is 9.64 Å². The van der Waals surface area contributed by atoms with Crippen molar-refractivity contribution in [2.45, 2.75) is 33.3 Å². The van der Waals surface area contributed by atoms with Crippen molar-refractivity contribution < 1.29 is 9.53 Å². The summed E-state index contributed by atoms with van der Waals surface area (Å²) in [4.78, 5) is 15.0. The number of benzene rings is 1. The van der Waals surface area contributed by atoms with Gasteiger partial charge in [0.2, 0.25) is 0 Å². The van der Waals surface area contributed by atoms with Crippen molar-refractivity contribution in [1.29, 1.82) is 0 Å². The van der Waals surface area contributed by atoms with Gasteiger partial charge in [-0.1, -0.05) is 31.9 Å². The zero-order valence-electron chi connectivity index (χ0n) is 14.3. The molecule has 0 bridgehead atoms. The first kappa shape index (κ1) is 17.5. The molecule has 5 nitrogen and oxygen atoms in total. The molecule has 1 aliphatic rings. The van der Waals surface area contributed by atoms with E-state index in [1.54, 1.807) is 9.58 Å². The minimum absolute atomic E-state index is 0.0722. The van der Waals surface area contributed by atoms with E-state index in [4.69, 9.17) is 4.74 Å². The molecule has 0 unspecified atom stereocenters. The highest BCUT2D eigenvalue weighted by Gasteiger charge is 2.39. The Morgan fingerprint density at radius 2 is 1.83 bits per heavy atom. The number of amides is 1. The zero-order chi connectivity index (χ0) is 17.8. The van der Waals surface area contributed by atoms with E-state index in [0.717, 1.165) is 20.2 Å². The summed E-state index contributed by atoms with van der Waals surface area (Å²) in [6.07, 6.45) is 0.